The Labute approximate surface area is 666 Å². The van der Waals surface area contributed by atoms with Gasteiger partial charge in [-0.15, -0.1) is 0 Å². The Balaban J connectivity index is 0.000000141. The second-order valence-electron chi connectivity index (χ2n) is 29.3. The van der Waals surface area contributed by atoms with Gasteiger partial charge in [0.2, 0.25) is 5.91 Å². The summed E-state index contributed by atoms with van der Waals surface area (Å²) in [6.07, 6.45) is 22.5. The van der Waals surface area contributed by atoms with Crippen LogP contribution in [0.5, 0.6) is 0 Å². The Hall–Kier alpha value is -12.7. The van der Waals surface area contributed by atoms with Crippen LogP contribution in [0.15, 0.2) is 227 Å². The van der Waals surface area contributed by atoms with E-state index in [-0.39, 0.29) is 60.0 Å². The summed E-state index contributed by atoms with van der Waals surface area (Å²) in [7, 11) is 6.58. The van der Waals surface area contributed by atoms with Gasteiger partial charge in [-0.25, -0.2) is 34.7 Å². The highest BCUT2D eigenvalue weighted by Crippen LogP contribution is 2.45. The third kappa shape index (κ3) is 17.6. The number of hydrogen-bond acceptors (Lipinski definition) is 19. The first kappa shape index (κ1) is 79.8. The number of nitriles is 2. The van der Waals surface area contributed by atoms with E-state index < -0.39 is 22.2 Å². The van der Waals surface area contributed by atoms with Gasteiger partial charge in [0.15, 0.2) is 34.9 Å². The third-order valence-electron chi connectivity index (χ3n) is 21.7. The maximum absolute atomic E-state index is 13.3. The van der Waals surface area contributed by atoms with Gasteiger partial charge in [0.1, 0.15) is 11.9 Å². The van der Waals surface area contributed by atoms with E-state index in [0.29, 0.717) is 62.2 Å². The number of amides is 6. The number of guanidine groups is 4. The van der Waals surface area contributed by atoms with Crippen molar-refractivity contribution < 1.29 is 24.0 Å². The van der Waals surface area contributed by atoms with Gasteiger partial charge in [0.05, 0.1) is 45.9 Å². The number of nitrogens with one attached hydrogen (secondary N) is 2. The van der Waals surface area contributed by atoms with Crippen LogP contribution in [0.25, 0.3) is 33.5 Å². The topological polar surface area (TPSA) is 375 Å². The quantitative estimate of drug-likeness (QED) is 0.0555. The minimum Gasteiger partial charge on any atom is -0.369 e. The summed E-state index contributed by atoms with van der Waals surface area (Å²) >= 11 is 12.2. The predicted molar refractivity (Wildman–Crippen MR) is 438 cm³/mol. The molecular formula is C86H88Cl2N20O5. The Morgan fingerprint density at radius 3 is 1.68 bits per heavy atom. The summed E-state index contributed by atoms with van der Waals surface area (Å²) in [5.74, 6) is 1.38. The van der Waals surface area contributed by atoms with Crippen LogP contribution in [0.1, 0.15) is 129 Å². The molecule has 4 aliphatic heterocycles. The molecule has 3 aromatic heterocycles. The molecule has 25 nitrogen and oxygen atoms in total. The maximum Gasteiger partial charge on any atom is 0.319 e. The maximum atomic E-state index is 13.3. The minimum atomic E-state index is -1.31. The van der Waals surface area contributed by atoms with Crippen molar-refractivity contribution in [3.05, 3.63) is 256 Å². The van der Waals surface area contributed by atoms with Gasteiger partial charge in [-0.1, -0.05) is 159 Å². The molecule has 0 saturated heterocycles. The number of rotatable bonds is 15. The number of urea groups is 1. The third-order valence-corrected chi connectivity index (χ3v) is 22.2. The first-order valence-corrected chi connectivity index (χ1v) is 38.1. The van der Waals surface area contributed by atoms with Gasteiger partial charge in [-0.3, -0.25) is 48.7 Å². The summed E-state index contributed by atoms with van der Waals surface area (Å²) in [5, 5.41) is 25.1. The van der Waals surface area contributed by atoms with E-state index in [1.54, 1.807) is 95.6 Å². The number of carbonyl (C=O) groups is 5. The van der Waals surface area contributed by atoms with Crippen molar-refractivity contribution in [2.75, 3.05) is 33.5 Å². The van der Waals surface area contributed by atoms with Crippen molar-refractivity contribution in [1.82, 2.24) is 44.9 Å². The average Bonchev–Trinajstić information content (AvgIpc) is 1.58. The fraction of sp³-hybridized carbons (Fsp3) is 0.291. The molecule has 10 N–H and O–H groups in total. The van der Waals surface area contributed by atoms with Crippen LogP contribution in [0.2, 0.25) is 10.0 Å². The van der Waals surface area contributed by atoms with E-state index in [2.05, 4.69) is 57.7 Å². The molecule has 6 aromatic carbocycles. The van der Waals surface area contributed by atoms with Gasteiger partial charge < -0.3 is 33.6 Å². The Bertz CT molecular complexity index is 5090. The zero-order valence-electron chi connectivity index (χ0n) is 63.4. The molecular weight excluding hydrogens is 1460 g/mol. The number of carbonyl (C=O) groups excluding carboxylic acids is 5. The predicted octanol–water partition coefficient (Wildman–Crippen LogP) is 12.8. The summed E-state index contributed by atoms with van der Waals surface area (Å²) < 4.78 is 0. The lowest BCUT2D eigenvalue weighted by molar-refractivity contribution is -0.131. The number of benzene rings is 6. The number of halogens is 2. The Kier molecular flexibility index (Phi) is 24.5. The fourth-order valence-corrected chi connectivity index (χ4v) is 15.9. The highest BCUT2D eigenvalue weighted by atomic mass is 35.5. The molecule has 6 aliphatic rings. The van der Waals surface area contributed by atoms with Crippen LogP contribution in [0.4, 0.5) is 10.5 Å². The molecule has 2 unspecified atom stereocenters. The monoisotopic (exact) mass is 1550 g/mol. The van der Waals surface area contributed by atoms with Crippen LogP contribution in [0, 0.1) is 34.5 Å². The first-order valence-electron chi connectivity index (χ1n) is 37.3. The van der Waals surface area contributed by atoms with Gasteiger partial charge >= 0.3 is 6.03 Å². The van der Waals surface area contributed by atoms with E-state index in [1.165, 1.54) is 58.0 Å². The van der Waals surface area contributed by atoms with E-state index in [0.717, 1.165) is 88.7 Å². The molecule has 2 fully saturated rings. The van der Waals surface area contributed by atoms with Crippen molar-refractivity contribution in [2.24, 2.45) is 54.7 Å². The molecule has 2 aliphatic carbocycles. The van der Waals surface area contributed by atoms with Gasteiger partial charge in [0.25, 0.3) is 17.7 Å². The van der Waals surface area contributed by atoms with Crippen LogP contribution < -0.4 is 33.6 Å². The second kappa shape index (κ2) is 34.7. The summed E-state index contributed by atoms with van der Waals surface area (Å²) in [6.45, 7) is 1.88. The summed E-state index contributed by atoms with van der Waals surface area (Å²) in [5.41, 5.74) is 30.6. The second-order valence-corrected chi connectivity index (χ2v) is 30.1. The summed E-state index contributed by atoms with van der Waals surface area (Å²) in [6, 6.07) is 55.9. The first-order chi connectivity index (χ1) is 54.3. The van der Waals surface area contributed by atoms with Crippen molar-refractivity contribution in [3.63, 3.8) is 0 Å². The van der Waals surface area contributed by atoms with Crippen molar-refractivity contribution in [3.8, 4) is 45.6 Å². The molecule has 0 spiro atoms. The SMILES string of the molecule is CN1C(=O)C(c2ccccc2)(c2cccc(-c3cncc(Cl)c3)c2)N=C1N.CN1C(=O)C(c2cncnc2)(c2cccc(-c3cccc(Cl)c3)c2)N=C1N.CN1C(=O)C[C@@](C)(c2ccnc(-c3cccc(C#N)c3)c2)N=C1N.CN1C(=O)[C@@](CCC2CCCCC2)(C[C@H]2CCC[C@@H](NC(=O)Nc3ccc(C#N)cc3)C2)N=C1N. The van der Waals surface area contributed by atoms with Gasteiger partial charge in [0, 0.05) is 92.6 Å². The number of aliphatic imine (C=N–C) groups is 4. The van der Waals surface area contributed by atoms with E-state index in [1.807, 2.05) is 140 Å². The number of pyridine rings is 2. The molecule has 6 atom stereocenters. The number of nitrogens with zero attached hydrogens (tertiary/aromatic N) is 14. The number of nitrogens with two attached hydrogens (primary N) is 4. The number of hydrogen-bond donors (Lipinski definition) is 6. The Morgan fingerprint density at radius 2 is 1.08 bits per heavy atom. The van der Waals surface area contributed by atoms with Crippen molar-refractivity contribution in [1.29, 1.82) is 10.5 Å². The molecule has 113 heavy (non-hydrogen) atoms. The lowest BCUT2D eigenvalue weighted by Crippen LogP contribution is -2.47. The summed E-state index contributed by atoms with van der Waals surface area (Å²) in [4.78, 5) is 105. The molecule has 0 radical (unpaired) electrons. The molecule has 15 rings (SSSR count). The molecule has 6 amide bonds. The molecule has 576 valence electrons. The van der Waals surface area contributed by atoms with Crippen LogP contribution in [0.3, 0.4) is 0 Å². The lowest BCUT2D eigenvalue weighted by atomic mass is 9.74. The normalized spacial score (nSPS) is 22.0. The van der Waals surface area contributed by atoms with Crippen molar-refractivity contribution >= 4 is 82.4 Å². The lowest BCUT2D eigenvalue weighted by Gasteiger charge is -2.35. The smallest absolute Gasteiger partial charge is 0.319 e. The van der Waals surface area contributed by atoms with Gasteiger partial charge in [-0.2, -0.15) is 10.5 Å². The number of anilines is 1. The Morgan fingerprint density at radius 1 is 0.513 bits per heavy atom. The minimum absolute atomic E-state index is 0.0273. The molecule has 27 heteroatoms. The van der Waals surface area contributed by atoms with Crippen LogP contribution in [-0.2, 0) is 35.8 Å². The van der Waals surface area contributed by atoms with Gasteiger partial charge in [-0.05, 0) is 169 Å². The van der Waals surface area contributed by atoms with Crippen molar-refractivity contribution in [2.45, 2.75) is 119 Å². The van der Waals surface area contributed by atoms with Crippen LogP contribution >= 0.6 is 23.2 Å². The highest BCUT2D eigenvalue weighted by Gasteiger charge is 2.52. The number of aromatic nitrogens is 4. The van der Waals surface area contributed by atoms with E-state index in [9.17, 15) is 24.0 Å². The number of likely N-dealkylation sites (N-methyl/N-ethyl adjacent to an activating group) is 3. The largest absolute Gasteiger partial charge is 0.369 e. The van der Waals surface area contributed by atoms with Crippen LogP contribution in [-0.4, -0.2) is 133 Å². The van der Waals surface area contributed by atoms with E-state index in [4.69, 9.17) is 61.7 Å². The fourth-order valence-electron chi connectivity index (χ4n) is 15.5. The molecule has 0 bridgehead atoms. The highest BCUT2D eigenvalue weighted by molar-refractivity contribution is 6.31. The molecule has 7 heterocycles. The zero-order valence-corrected chi connectivity index (χ0v) is 64.9. The molecule has 2 saturated carbocycles. The molecule has 9 aromatic rings. The standard InChI is InChI=1S/C27H38N6O2.C21H17ClN4O.C20H16ClN5O.C18H17N5O/c1-33-24(34)27(32-25(33)29,15-14-19-6-3-2-4-7-19)17-21-8-5-9-23(16-21)31-26(35)30-22-12-10-20(18-28)11-13-22;1-26-19(27)21(25-20(26)23,16-7-3-2-4-8-16)17-9-5-6-14(10-17)15-11-18(22)13-24-12-15;1-26-18(27)20(25-19(26)22,16-10-23-12-24-11-16)15-6-2-4-13(8-15)14-5-3-7-17(21)9-14;1-18(10-16(24)23(2)17(20)22-18)14-6-7-21-15(9-14)13-5-3-4-12(8-13)11-19/h10-13,19,21,23H,2-9,14-17H2,1H3,(H2,29,32)(H2,30,31,35);2-13H,1H3,(H2,23,25);2-12H,1H3,(H2,22,25);3-9H,10H2,1-2H3,(H2,20,22)/t21-,23+,27+;;;18-/m0..0/s1. The zero-order chi connectivity index (χ0) is 80.2. The average molecular weight is 1550 g/mol. The van der Waals surface area contributed by atoms with E-state index >= 15 is 0 Å².